The van der Waals surface area contributed by atoms with Gasteiger partial charge in [0, 0.05) is 58.8 Å². The van der Waals surface area contributed by atoms with Gasteiger partial charge in [-0.1, -0.05) is 23.7 Å². The van der Waals surface area contributed by atoms with Crippen molar-refractivity contribution >= 4 is 38.4 Å². The van der Waals surface area contributed by atoms with E-state index < -0.39 is 10.0 Å². The van der Waals surface area contributed by atoms with Crippen molar-refractivity contribution in [3.05, 3.63) is 88.9 Å². The highest BCUT2D eigenvalue weighted by molar-refractivity contribution is 7.89. The van der Waals surface area contributed by atoms with E-state index in [0.29, 0.717) is 16.1 Å². The van der Waals surface area contributed by atoms with E-state index in [4.69, 9.17) is 11.6 Å². The highest BCUT2D eigenvalue weighted by Gasteiger charge is 2.39. The molecule has 4 aromatic rings. The van der Waals surface area contributed by atoms with Crippen LogP contribution in [0.5, 0.6) is 0 Å². The first-order valence-corrected chi connectivity index (χ1v) is 13.4. The van der Waals surface area contributed by atoms with E-state index in [9.17, 15) is 18.4 Å². The Hall–Kier alpha value is -3.40. The number of fused-ring (bicyclic) bond motifs is 1. The maximum absolute atomic E-state index is 13.4. The van der Waals surface area contributed by atoms with E-state index in [-0.39, 0.29) is 36.1 Å². The molecule has 2 aromatic carbocycles. The van der Waals surface area contributed by atoms with Gasteiger partial charge in [0.15, 0.2) is 12.4 Å². The van der Waals surface area contributed by atoms with E-state index in [1.54, 1.807) is 53.4 Å². The number of aromatic amines is 1. The number of carbonyl (C=O) groups is 1. The molecule has 1 aliphatic rings. The lowest BCUT2D eigenvalue weighted by molar-refractivity contribution is -0.605. The molecule has 3 heterocycles. The number of sulfonamides is 1. The predicted octanol–water partition coefficient (Wildman–Crippen LogP) is 4.05. The van der Waals surface area contributed by atoms with Gasteiger partial charge >= 0.3 is 0 Å². The van der Waals surface area contributed by atoms with Crippen LogP contribution in [-0.2, 0) is 10.0 Å². The number of piperazine rings is 1. The third kappa shape index (κ3) is 4.45. The van der Waals surface area contributed by atoms with Crippen molar-refractivity contribution in [2.45, 2.75) is 31.0 Å². The summed E-state index contributed by atoms with van der Waals surface area (Å²) >= 11 is 6.05. The second kappa shape index (κ2) is 9.24. The second-order valence-electron chi connectivity index (χ2n) is 9.12. The standard InChI is InChI=1S/C26H25ClN4O4S/c1-17-15-30(36(34,35)25-14-22-13-23(27)7-8-24(22)28-25)16-18(2)31(17)26(32)21-5-3-19(4-6-21)20-9-11-29(33)12-10-20/h3-14,17-18,28H,15-16H2,1-2H3/t17-,18+. The minimum absolute atomic E-state index is 0.109. The molecule has 186 valence electrons. The third-order valence-corrected chi connectivity index (χ3v) is 8.55. The largest absolute Gasteiger partial charge is 0.619 e. The molecule has 1 N–H and O–H groups in total. The first-order chi connectivity index (χ1) is 17.1. The van der Waals surface area contributed by atoms with E-state index in [1.807, 2.05) is 26.0 Å². The lowest BCUT2D eigenvalue weighted by Crippen LogP contribution is -2.59. The van der Waals surface area contributed by atoms with Gasteiger partial charge in [-0.2, -0.15) is 9.04 Å². The Morgan fingerprint density at radius 1 is 0.972 bits per heavy atom. The molecule has 5 rings (SSSR count). The van der Waals surface area contributed by atoms with Crippen molar-refractivity contribution in [3.63, 3.8) is 0 Å². The van der Waals surface area contributed by atoms with E-state index in [0.717, 1.165) is 21.2 Å². The molecule has 1 saturated heterocycles. The molecule has 1 amide bonds. The smallest absolute Gasteiger partial charge is 0.258 e. The minimum atomic E-state index is -3.78. The monoisotopic (exact) mass is 524 g/mol. The maximum Gasteiger partial charge on any atom is 0.258 e. The number of amides is 1. The van der Waals surface area contributed by atoms with Gasteiger partial charge in [0.25, 0.3) is 15.9 Å². The molecular weight excluding hydrogens is 500 g/mol. The number of H-pyrrole nitrogens is 1. The quantitative estimate of drug-likeness (QED) is 0.321. The molecule has 0 aliphatic carbocycles. The highest BCUT2D eigenvalue weighted by atomic mass is 35.5. The Kier molecular flexibility index (Phi) is 6.23. The van der Waals surface area contributed by atoms with Crippen LogP contribution in [0.15, 0.2) is 78.1 Å². The van der Waals surface area contributed by atoms with Crippen molar-refractivity contribution in [2.75, 3.05) is 13.1 Å². The first kappa shape index (κ1) is 24.3. The van der Waals surface area contributed by atoms with Crippen LogP contribution in [0.1, 0.15) is 24.2 Å². The molecule has 1 aliphatic heterocycles. The fraction of sp³-hybridized carbons (Fsp3) is 0.231. The first-order valence-electron chi connectivity index (χ1n) is 11.5. The number of hydrogen-bond acceptors (Lipinski definition) is 4. The lowest BCUT2D eigenvalue weighted by Gasteiger charge is -2.43. The summed E-state index contributed by atoms with van der Waals surface area (Å²) in [5.74, 6) is -0.149. The molecule has 8 nitrogen and oxygen atoms in total. The number of nitrogens with zero attached hydrogens (tertiary/aromatic N) is 3. The van der Waals surface area contributed by atoms with E-state index in [2.05, 4.69) is 4.98 Å². The molecule has 2 atom stereocenters. The van der Waals surface area contributed by atoms with Gasteiger partial charge in [-0.3, -0.25) is 4.79 Å². The van der Waals surface area contributed by atoms with Crippen LogP contribution in [0, 0.1) is 5.21 Å². The summed E-state index contributed by atoms with van der Waals surface area (Å²) in [5, 5.41) is 12.6. The van der Waals surface area contributed by atoms with Crippen LogP contribution < -0.4 is 4.73 Å². The summed E-state index contributed by atoms with van der Waals surface area (Å²) < 4.78 is 29.0. The second-order valence-corrected chi connectivity index (χ2v) is 11.5. The van der Waals surface area contributed by atoms with Gasteiger partial charge < -0.3 is 15.1 Å². The Labute approximate surface area is 214 Å². The highest BCUT2D eigenvalue weighted by Crippen LogP contribution is 2.28. The minimum Gasteiger partial charge on any atom is -0.619 e. The summed E-state index contributed by atoms with van der Waals surface area (Å²) in [4.78, 5) is 18.1. The van der Waals surface area contributed by atoms with E-state index in [1.165, 1.54) is 16.7 Å². The van der Waals surface area contributed by atoms with Crippen molar-refractivity contribution in [3.8, 4) is 11.1 Å². The van der Waals surface area contributed by atoms with E-state index >= 15 is 0 Å². The van der Waals surface area contributed by atoms with Crippen LogP contribution in [0.4, 0.5) is 0 Å². The van der Waals surface area contributed by atoms with Crippen LogP contribution in [-0.4, -0.2) is 53.7 Å². The van der Waals surface area contributed by atoms with Crippen LogP contribution in [0.3, 0.4) is 0 Å². The van der Waals surface area contributed by atoms with Gasteiger partial charge in [-0.25, -0.2) is 8.42 Å². The summed E-state index contributed by atoms with van der Waals surface area (Å²) in [5.41, 5.74) is 2.99. The summed E-state index contributed by atoms with van der Waals surface area (Å²) in [6.07, 6.45) is 2.85. The SMILES string of the molecule is C[C@@H]1CN(S(=O)(=O)c2cc3cc(Cl)ccc3[nH]2)C[C@H](C)N1C(=O)c1ccc(-c2cc[n+]([O-])cc2)cc1. The molecule has 0 saturated carbocycles. The van der Waals surface area contributed by atoms with Crippen molar-refractivity contribution in [1.29, 1.82) is 0 Å². The Morgan fingerprint density at radius 2 is 1.58 bits per heavy atom. The Balaban J connectivity index is 1.33. The Morgan fingerprint density at radius 3 is 2.22 bits per heavy atom. The molecule has 2 aromatic heterocycles. The number of halogens is 1. The molecule has 0 spiro atoms. The number of carbonyl (C=O) groups excluding carboxylic acids is 1. The predicted molar refractivity (Wildman–Crippen MR) is 138 cm³/mol. The van der Waals surface area contributed by atoms with Gasteiger partial charge in [0.1, 0.15) is 5.03 Å². The molecule has 0 unspecified atom stereocenters. The zero-order valence-electron chi connectivity index (χ0n) is 19.8. The van der Waals surface area contributed by atoms with Crippen LogP contribution >= 0.6 is 11.6 Å². The van der Waals surface area contributed by atoms with Gasteiger partial charge in [0.05, 0.1) is 0 Å². The van der Waals surface area contributed by atoms with Crippen LogP contribution in [0.25, 0.3) is 22.0 Å². The average molecular weight is 525 g/mol. The van der Waals surface area contributed by atoms with Crippen molar-refractivity contribution < 1.29 is 17.9 Å². The summed E-state index contributed by atoms with van der Waals surface area (Å²) in [6, 6.07) is 16.8. The molecule has 36 heavy (non-hydrogen) atoms. The zero-order valence-corrected chi connectivity index (χ0v) is 21.3. The van der Waals surface area contributed by atoms with Gasteiger partial charge in [-0.15, -0.1) is 0 Å². The lowest BCUT2D eigenvalue weighted by atomic mass is 10.0. The van der Waals surface area contributed by atoms with Crippen LogP contribution in [0.2, 0.25) is 5.02 Å². The normalized spacial score (nSPS) is 19.0. The number of pyridine rings is 1. The third-order valence-electron chi connectivity index (χ3n) is 6.56. The number of nitrogens with one attached hydrogen (secondary N) is 1. The number of benzene rings is 2. The summed E-state index contributed by atoms with van der Waals surface area (Å²) in [7, 11) is -3.78. The van der Waals surface area contributed by atoms with Crippen molar-refractivity contribution in [1.82, 2.24) is 14.2 Å². The summed E-state index contributed by atoms with van der Waals surface area (Å²) in [6.45, 7) is 4.09. The van der Waals surface area contributed by atoms with Gasteiger partial charge in [-0.05, 0) is 61.4 Å². The van der Waals surface area contributed by atoms with Gasteiger partial charge in [0.2, 0.25) is 0 Å². The number of hydrogen-bond donors (Lipinski definition) is 1. The fourth-order valence-electron chi connectivity index (χ4n) is 4.79. The topological polar surface area (TPSA) is 100 Å². The fourth-order valence-corrected chi connectivity index (χ4v) is 6.58. The maximum atomic E-state index is 13.4. The average Bonchev–Trinajstić information content (AvgIpc) is 3.28. The molecular formula is C26H25ClN4O4S. The number of rotatable bonds is 4. The molecule has 10 heteroatoms. The number of aromatic nitrogens is 2. The van der Waals surface area contributed by atoms with Crippen molar-refractivity contribution in [2.24, 2.45) is 0 Å². The molecule has 1 fully saturated rings. The Bertz CT molecular complexity index is 1520. The molecule has 0 radical (unpaired) electrons. The zero-order chi connectivity index (χ0) is 25.6. The molecule has 0 bridgehead atoms.